The van der Waals surface area contributed by atoms with Crippen molar-refractivity contribution in [1.82, 2.24) is 0 Å². The smallest absolute Gasteiger partial charge is 0 e. The molecule has 0 amide bonds. The quantitative estimate of drug-likeness (QED) is 0.0680. The molecule has 0 saturated heterocycles. The van der Waals surface area contributed by atoms with Crippen LogP contribution in [0.4, 0.5) is 0 Å². The van der Waals surface area contributed by atoms with Crippen LogP contribution in [0.1, 0.15) is 52.7 Å². The first-order valence-electron chi connectivity index (χ1n) is 11.1. The summed E-state index contributed by atoms with van der Waals surface area (Å²) in [5.74, 6) is 3.21. The van der Waals surface area contributed by atoms with Crippen molar-refractivity contribution < 1.29 is 40.8 Å². The molecule has 36 heavy (non-hydrogen) atoms. The molecule has 5 nitrogen and oxygen atoms in total. The summed E-state index contributed by atoms with van der Waals surface area (Å²) in [6.07, 6.45) is 0. The van der Waals surface area contributed by atoms with Crippen LogP contribution in [0, 0.1) is 20.0 Å². The van der Waals surface area contributed by atoms with E-state index in [1.807, 2.05) is 48.5 Å². The fourth-order valence-electron chi connectivity index (χ4n) is 5.17. The van der Waals surface area contributed by atoms with Gasteiger partial charge >= 0.3 is 33.9 Å². The monoisotopic (exact) mass is 542 g/mol. The fraction of sp³-hybridized carbons (Fsp3) is 0.345. The topological polar surface area (TPSA) is 86.0 Å². The van der Waals surface area contributed by atoms with E-state index in [-0.39, 0.29) is 17.4 Å². The van der Waals surface area contributed by atoms with Gasteiger partial charge in [-0.15, -0.1) is 0 Å². The maximum atomic E-state index is 12.7. The molecule has 2 rings (SSSR count). The average Bonchev–Trinajstić information content (AvgIpc) is 2.90. The predicted octanol–water partition coefficient (Wildman–Crippen LogP) is 7.06. The summed E-state index contributed by atoms with van der Waals surface area (Å²) in [6.45, 7) is 27.1. The van der Waals surface area contributed by atoms with Crippen LogP contribution in [0.2, 0.25) is 16.6 Å². The number of ether oxygens (including phenoxy) is 1. The molecule has 0 saturated carbocycles. The summed E-state index contributed by atoms with van der Waals surface area (Å²) in [6, 6.07) is 20.2. The summed E-state index contributed by atoms with van der Waals surface area (Å²) >= 11 is 0. The second-order valence-electron chi connectivity index (χ2n) is 8.51. The summed E-state index contributed by atoms with van der Waals surface area (Å²) in [5, 5.41) is 0.837. The number of rotatable bonds is 8. The van der Waals surface area contributed by atoms with E-state index in [9.17, 15) is 4.79 Å². The molecule has 0 unspecified atom stereocenters. The first-order chi connectivity index (χ1) is 16.8. The van der Waals surface area contributed by atoms with Crippen LogP contribution >= 0.6 is 0 Å². The third-order valence-corrected chi connectivity index (χ3v) is 13.1. The van der Waals surface area contributed by atoms with Gasteiger partial charge in [0.25, 0.3) is 0 Å². The van der Waals surface area contributed by atoms with Crippen molar-refractivity contribution in [3.63, 3.8) is 0 Å². The van der Waals surface area contributed by atoms with Gasteiger partial charge in [0.2, 0.25) is 0 Å². The van der Waals surface area contributed by atoms with Gasteiger partial charge < -0.3 is 4.74 Å². The van der Waals surface area contributed by atoms with Crippen LogP contribution in [0.25, 0.3) is 11.3 Å². The number of allylic oxidation sites excluding steroid dienone is 2. The predicted molar refractivity (Wildman–Crippen MR) is 139 cm³/mol. The molecular formula is C29H34CrO5Si. The van der Waals surface area contributed by atoms with Gasteiger partial charge in [0.15, 0.2) is 0 Å². The van der Waals surface area contributed by atoms with Crippen molar-refractivity contribution in [3.8, 4) is 0 Å². The SMILES string of the molecule is CO/C(=C(/C(=C=O)[Si](C(C)C)(C(C)C)C(C)C)c1ccccc1)c1ccccc1.[C-]#[O+].[C-]#[O+].[C-]#[O+].[Cr]. The molecule has 0 N–H and O–H groups in total. The van der Waals surface area contributed by atoms with E-state index in [2.05, 4.69) is 79.6 Å². The Morgan fingerprint density at radius 2 is 1.06 bits per heavy atom. The van der Waals surface area contributed by atoms with E-state index in [1.54, 1.807) is 7.11 Å². The van der Waals surface area contributed by atoms with E-state index in [0.29, 0.717) is 16.6 Å². The Morgan fingerprint density at radius 3 is 1.33 bits per heavy atom. The van der Waals surface area contributed by atoms with Crippen molar-refractivity contribution in [1.29, 1.82) is 0 Å². The molecule has 0 spiro atoms. The molecule has 0 radical (unpaired) electrons. The largest absolute Gasteiger partial charge is 0 e. The number of benzene rings is 2. The molecule has 0 bridgehead atoms. The minimum absolute atomic E-state index is 0. The van der Waals surface area contributed by atoms with Gasteiger partial charge in [-0.2, -0.15) is 0 Å². The third kappa shape index (κ3) is 8.81. The molecule has 0 heterocycles. The van der Waals surface area contributed by atoms with Crippen molar-refractivity contribution >= 4 is 25.3 Å². The third-order valence-electron chi connectivity index (χ3n) is 6.18. The Labute approximate surface area is 228 Å². The van der Waals surface area contributed by atoms with Gasteiger partial charge in [0.05, 0.1) is 7.11 Å². The van der Waals surface area contributed by atoms with Gasteiger partial charge in [-0.25, -0.2) is 4.79 Å². The van der Waals surface area contributed by atoms with Gasteiger partial charge in [-0.3, -0.25) is 0 Å². The first-order valence-corrected chi connectivity index (χ1v) is 13.3. The Bertz CT molecular complexity index is 980. The molecule has 0 aliphatic rings. The van der Waals surface area contributed by atoms with E-state index >= 15 is 0 Å². The molecule has 2 aromatic carbocycles. The standard InChI is InChI=1S/C26H34O2Si.3CO.Cr/c1-19(2)29(20(3)4,21(5)6)24(18-27)25(22-14-10-8-11-15-22)26(28-7)23-16-12-9-13-17-23;3*1-2;/h8-17,19-21H,1-7H3;;;;/b26-25+;;;;. The first kappa shape index (κ1) is 37.9. The van der Waals surface area contributed by atoms with Crippen molar-refractivity contribution in [3.05, 3.63) is 96.9 Å². The number of hydrogen-bond donors (Lipinski definition) is 0. The maximum Gasteiger partial charge on any atom is 0 e. The van der Waals surface area contributed by atoms with Gasteiger partial charge in [0.1, 0.15) is 19.8 Å². The van der Waals surface area contributed by atoms with E-state index in [4.69, 9.17) is 18.7 Å². The zero-order valence-corrected chi connectivity index (χ0v) is 24.2. The van der Waals surface area contributed by atoms with Gasteiger partial charge in [-0.05, 0) is 22.2 Å². The molecule has 0 aromatic heterocycles. The van der Waals surface area contributed by atoms with E-state index in [1.165, 1.54) is 0 Å². The van der Waals surface area contributed by atoms with Crippen molar-refractivity contribution in [2.45, 2.75) is 58.2 Å². The molecule has 0 atom stereocenters. The molecule has 0 aliphatic heterocycles. The number of methoxy groups -OCH3 is 1. The molecule has 2 aromatic rings. The fourth-order valence-corrected chi connectivity index (χ4v) is 11.8. The molecular weight excluding hydrogens is 508 g/mol. The molecule has 7 heteroatoms. The number of carbonyl (C=O) groups excluding carboxylic acids is 1. The Hall–Kier alpha value is -2.60. The van der Waals surface area contributed by atoms with E-state index in [0.717, 1.165) is 27.7 Å². The minimum Gasteiger partial charge on any atom is 0 e. The minimum atomic E-state index is -2.26. The van der Waals surface area contributed by atoms with Crippen LogP contribution in [-0.4, -0.2) is 21.1 Å². The summed E-state index contributed by atoms with van der Waals surface area (Å²) < 4.78 is 28.5. The van der Waals surface area contributed by atoms with Gasteiger partial charge in [-0.1, -0.05) is 102 Å². The van der Waals surface area contributed by atoms with Crippen LogP contribution in [0.3, 0.4) is 0 Å². The zero-order valence-electron chi connectivity index (χ0n) is 22.0. The second kappa shape index (κ2) is 20.6. The summed E-state index contributed by atoms with van der Waals surface area (Å²) in [5.41, 5.74) is 4.06. The zero-order chi connectivity index (χ0) is 27.6. The van der Waals surface area contributed by atoms with Crippen molar-refractivity contribution in [2.24, 2.45) is 0 Å². The molecule has 190 valence electrons. The van der Waals surface area contributed by atoms with Crippen LogP contribution in [0.5, 0.6) is 0 Å². The Balaban J connectivity index is -0.00000144. The average molecular weight is 543 g/mol. The normalized spacial score (nSPS) is 10.4. The van der Waals surface area contributed by atoms with Crippen molar-refractivity contribution in [2.75, 3.05) is 7.11 Å². The summed E-state index contributed by atoms with van der Waals surface area (Å²) in [4.78, 5) is 12.7. The Kier molecular flexibility index (Phi) is 21.7. The number of hydrogen-bond acceptors (Lipinski definition) is 2. The summed E-state index contributed by atoms with van der Waals surface area (Å²) in [7, 11) is -0.568. The molecule has 0 aliphatic carbocycles. The van der Waals surface area contributed by atoms with Crippen LogP contribution in [-0.2, 0) is 40.8 Å². The second-order valence-corrected chi connectivity index (χ2v) is 14.3. The van der Waals surface area contributed by atoms with Crippen LogP contribution < -0.4 is 0 Å². The maximum absolute atomic E-state index is 12.7. The molecule has 0 fully saturated rings. The van der Waals surface area contributed by atoms with Crippen LogP contribution in [0.15, 0.2) is 65.9 Å². The van der Waals surface area contributed by atoms with E-state index < -0.39 is 8.07 Å². The van der Waals surface area contributed by atoms with Gasteiger partial charge in [0, 0.05) is 33.7 Å². The Morgan fingerprint density at radius 1 is 0.722 bits per heavy atom.